The Morgan fingerprint density at radius 1 is 1.42 bits per heavy atom. The molecule has 0 unspecified atom stereocenters. The molecular formula is C13H16N4O2. The van der Waals surface area contributed by atoms with E-state index >= 15 is 0 Å². The van der Waals surface area contributed by atoms with Gasteiger partial charge in [-0.25, -0.2) is 4.98 Å². The van der Waals surface area contributed by atoms with Gasteiger partial charge in [-0.1, -0.05) is 12.1 Å². The number of ether oxygens (including phenoxy) is 1. The number of amides is 1. The number of hydrogen-bond acceptors (Lipinski definition) is 4. The summed E-state index contributed by atoms with van der Waals surface area (Å²) in [6.45, 7) is 4.27. The molecule has 0 spiro atoms. The summed E-state index contributed by atoms with van der Waals surface area (Å²) < 4.78 is 5.49. The predicted molar refractivity (Wildman–Crippen MR) is 69.6 cm³/mol. The molecule has 2 N–H and O–H groups in total. The number of benzene rings is 1. The number of rotatable bonds is 5. The summed E-state index contributed by atoms with van der Waals surface area (Å²) in [5, 5.41) is 9.05. The smallest absolute Gasteiger partial charge is 0.258 e. The Kier molecular flexibility index (Phi) is 4.12. The fraction of sp³-hybridized carbons (Fsp3) is 0.308. The van der Waals surface area contributed by atoms with Crippen molar-refractivity contribution in [1.82, 2.24) is 20.5 Å². The zero-order chi connectivity index (χ0) is 13.7. The van der Waals surface area contributed by atoms with Crippen molar-refractivity contribution in [1.29, 1.82) is 0 Å². The summed E-state index contributed by atoms with van der Waals surface area (Å²) in [7, 11) is 0. The third kappa shape index (κ3) is 3.54. The highest BCUT2D eigenvalue weighted by Gasteiger charge is 2.06. The van der Waals surface area contributed by atoms with E-state index in [0.29, 0.717) is 12.4 Å². The molecule has 100 valence electrons. The van der Waals surface area contributed by atoms with Crippen LogP contribution in [-0.4, -0.2) is 27.7 Å². The highest BCUT2D eigenvalue weighted by atomic mass is 16.5. The number of hydrogen-bond donors (Lipinski definition) is 2. The van der Waals surface area contributed by atoms with Gasteiger partial charge in [0, 0.05) is 0 Å². The number of carbonyl (C=O) groups is 1. The topological polar surface area (TPSA) is 79.9 Å². The molecule has 1 amide bonds. The van der Waals surface area contributed by atoms with Crippen LogP contribution in [0.4, 0.5) is 0 Å². The Morgan fingerprint density at radius 2 is 2.26 bits per heavy atom. The van der Waals surface area contributed by atoms with Crippen LogP contribution in [0.5, 0.6) is 5.75 Å². The van der Waals surface area contributed by atoms with Crippen molar-refractivity contribution in [3.8, 4) is 5.75 Å². The van der Waals surface area contributed by atoms with Crippen LogP contribution in [0.3, 0.4) is 0 Å². The maximum atomic E-state index is 11.6. The first kappa shape index (κ1) is 13.1. The van der Waals surface area contributed by atoms with Crippen molar-refractivity contribution < 1.29 is 9.53 Å². The molecule has 0 saturated carbocycles. The minimum absolute atomic E-state index is 0.0154. The van der Waals surface area contributed by atoms with Crippen molar-refractivity contribution in [3.63, 3.8) is 0 Å². The largest absolute Gasteiger partial charge is 0.483 e. The second-order valence-electron chi connectivity index (χ2n) is 4.20. The maximum Gasteiger partial charge on any atom is 0.258 e. The van der Waals surface area contributed by atoms with Gasteiger partial charge in [0.1, 0.15) is 17.9 Å². The number of H-pyrrole nitrogens is 1. The Bertz CT molecular complexity index is 552. The number of aryl methyl sites for hydroxylation is 1. The molecule has 1 heterocycles. The number of aromatic nitrogens is 3. The van der Waals surface area contributed by atoms with Crippen LogP contribution in [0.1, 0.15) is 17.0 Å². The second-order valence-corrected chi connectivity index (χ2v) is 4.20. The molecule has 0 aliphatic carbocycles. The minimum Gasteiger partial charge on any atom is -0.483 e. The molecule has 1 aromatic carbocycles. The van der Waals surface area contributed by atoms with Crippen LogP contribution in [0.2, 0.25) is 0 Å². The van der Waals surface area contributed by atoms with Gasteiger partial charge in [0.25, 0.3) is 5.91 Å². The van der Waals surface area contributed by atoms with E-state index in [1.807, 2.05) is 32.0 Å². The highest BCUT2D eigenvalue weighted by Crippen LogP contribution is 2.20. The van der Waals surface area contributed by atoms with Crippen LogP contribution in [0.25, 0.3) is 0 Å². The Balaban J connectivity index is 1.81. The van der Waals surface area contributed by atoms with E-state index in [1.165, 1.54) is 6.33 Å². The highest BCUT2D eigenvalue weighted by molar-refractivity contribution is 5.77. The van der Waals surface area contributed by atoms with Gasteiger partial charge in [-0.05, 0) is 31.0 Å². The molecule has 0 saturated heterocycles. The lowest BCUT2D eigenvalue weighted by molar-refractivity contribution is -0.123. The van der Waals surface area contributed by atoms with E-state index < -0.39 is 0 Å². The third-order valence-corrected chi connectivity index (χ3v) is 2.83. The maximum absolute atomic E-state index is 11.6. The monoisotopic (exact) mass is 260 g/mol. The molecule has 6 nitrogen and oxygen atoms in total. The van der Waals surface area contributed by atoms with Gasteiger partial charge in [0.2, 0.25) is 0 Å². The standard InChI is InChI=1S/C13H16N4O2/c1-9-4-3-5-11(10(9)2)19-7-13(18)14-6-12-15-8-16-17-12/h3-5,8H,6-7H2,1-2H3,(H,14,18)(H,15,16,17). The number of nitrogens with zero attached hydrogens (tertiary/aromatic N) is 2. The van der Waals surface area contributed by atoms with Gasteiger partial charge in [-0.2, -0.15) is 5.10 Å². The lowest BCUT2D eigenvalue weighted by Crippen LogP contribution is -2.28. The second kappa shape index (κ2) is 5.99. The van der Waals surface area contributed by atoms with E-state index in [9.17, 15) is 4.79 Å². The van der Waals surface area contributed by atoms with Crippen molar-refractivity contribution in [2.24, 2.45) is 0 Å². The predicted octanol–water partition coefficient (Wildman–Crippen LogP) is 1.12. The zero-order valence-corrected chi connectivity index (χ0v) is 10.9. The van der Waals surface area contributed by atoms with Gasteiger partial charge in [0.15, 0.2) is 6.61 Å². The van der Waals surface area contributed by atoms with Gasteiger partial charge < -0.3 is 10.1 Å². The molecule has 0 aliphatic heterocycles. The molecule has 19 heavy (non-hydrogen) atoms. The SMILES string of the molecule is Cc1cccc(OCC(=O)NCc2ncn[nH]2)c1C. The zero-order valence-electron chi connectivity index (χ0n) is 10.9. The van der Waals surface area contributed by atoms with Gasteiger partial charge in [-0.3, -0.25) is 9.89 Å². The minimum atomic E-state index is -0.197. The molecule has 2 aromatic rings. The Hall–Kier alpha value is -2.37. The van der Waals surface area contributed by atoms with Gasteiger partial charge in [0.05, 0.1) is 6.54 Å². The van der Waals surface area contributed by atoms with E-state index in [-0.39, 0.29) is 12.5 Å². The molecule has 6 heteroatoms. The van der Waals surface area contributed by atoms with Crippen LogP contribution in [0, 0.1) is 13.8 Å². The molecule has 2 rings (SSSR count). The van der Waals surface area contributed by atoms with Crippen LogP contribution >= 0.6 is 0 Å². The molecular weight excluding hydrogens is 244 g/mol. The summed E-state index contributed by atoms with van der Waals surface area (Å²) in [6, 6.07) is 5.77. The van der Waals surface area contributed by atoms with Crippen molar-refractivity contribution in [3.05, 3.63) is 41.5 Å². The Morgan fingerprint density at radius 3 is 3.00 bits per heavy atom. The van der Waals surface area contributed by atoms with E-state index in [0.717, 1.165) is 16.9 Å². The van der Waals surface area contributed by atoms with E-state index in [4.69, 9.17) is 4.74 Å². The molecule has 0 fully saturated rings. The third-order valence-electron chi connectivity index (χ3n) is 2.83. The first-order valence-electron chi connectivity index (χ1n) is 5.97. The van der Waals surface area contributed by atoms with Crippen LogP contribution in [0.15, 0.2) is 24.5 Å². The summed E-state index contributed by atoms with van der Waals surface area (Å²) in [5.41, 5.74) is 2.19. The van der Waals surface area contributed by atoms with E-state index in [2.05, 4.69) is 20.5 Å². The average Bonchev–Trinajstić information content (AvgIpc) is 2.91. The molecule has 0 radical (unpaired) electrons. The lowest BCUT2D eigenvalue weighted by Gasteiger charge is -2.10. The van der Waals surface area contributed by atoms with Crippen LogP contribution < -0.4 is 10.1 Å². The quantitative estimate of drug-likeness (QED) is 0.844. The van der Waals surface area contributed by atoms with Crippen molar-refractivity contribution >= 4 is 5.91 Å². The first-order chi connectivity index (χ1) is 9.16. The van der Waals surface area contributed by atoms with Crippen LogP contribution in [-0.2, 0) is 11.3 Å². The van der Waals surface area contributed by atoms with Crippen molar-refractivity contribution in [2.75, 3.05) is 6.61 Å². The van der Waals surface area contributed by atoms with Gasteiger partial charge in [-0.15, -0.1) is 0 Å². The first-order valence-corrected chi connectivity index (χ1v) is 5.97. The Labute approximate surface area is 111 Å². The fourth-order valence-electron chi connectivity index (χ4n) is 1.57. The molecule has 1 aromatic heterocycles. The number of nitrogens with one attached hydrogen (secondary N) is 2. The van der Waals surface area contributed by atoms with Gasteiger partial charge >= 0.3 is 0 Å². The molecule has 0 atom stereocenters. The van der Waals surface area contributed by atoms with Crippen molar-refractivity contribution in [2.45, 2.75) is 20.4 Å². The summed E-state index contributed by atoms with van der Waals surface area (Å²) in [6.07, 6.45) is 1.40. The summed E-state index contributed by atoms with van der Waals surface area (Å²) >= 11 is 0. The number of aromatic amines is 1. The number of carbonyl (C=O) groups excluding carboxylic acids is 1. The average molecular weight is 260 g/mol. The summed E-state index contributed by atoms with van der Waals surface area (Å²) in [5.74, 6) is 1.15. The molecule has 0 aliphatic rings. The normalized spacial score (nSPS) is 10.2. The summed E-state index contributed by atoms with van der Waals surface area (Å²) in [4.78, 5) is 15.5. The fourth-order valence-corrected chi connectivity index (χ4v) is 1.57. The molecule has 0 bridgehead atoms. The van der Waals surface area contributed by atoms with E-state index in [1.54, 1.807) is 0 Å². The lowest BCUT2D eigenvalue weighted by atomic mass is 10.1.